The highest BCUT2D eigenvalue weighted by Crippen LogP contribution is 2.19. The lowest BCUT2D eigenvalue weighted by molar-refractivity contribution is -0.384. The number of nitrogens with zero attached hydrogens (tertiary/aromatic N) is 1. The summed E-state index contributed by atoms with van der Waals surface area (Å²) in [6.07, 6.45) is 0.241. The van der Waals surface area contributed by atoms with Gasteiger partial charge in [-0.3, -0.25) is 19.7 Å². The van der Waals surface area contributed by atoms with E-state index in [1.165, 1.54) is 0 Å². The summed E-state index contributed by atoms with van der Waals surface area (Å²) >= 11 is 0. The number of halogens is 1. The maximum absolute atomic E-state index is 13.0. The van der Waals surface area contributed by atoms with Crippen molar-refractivity contribution in [3.05, 3.63) is 39.2 Å². The molecule has 0 aromatic heterocycles. The third kappa shape index (κ3) is 1.63. The summed E-state index contributed by atoms with van der Waals surface area (Å²) in [5, 5.41) is 10.3. The first-order chi connectivity index (χ1) is 6.60. The molecule has 1 aromatic rings. The first kappa shape index (κ1) is 9.97. The molecule has 72 valence electrons. The molecule has 0 amide bonds. The van der Waals surface area contributed by atoms with Gasteiger partial charge in [0.15, 0.2) is 12.6 Å². The molecular weight excluding hydrogens is 193 g/mol. The number of non-ortho nitro benzene ring substituents is 1. The molecule has 0 saturated carbocycles. The molecule has 1 rings (SSSR count). The van der Waals surface area contributed by atoms with Crippen LogP contribution in [0.5, 0.6) is 0 Å². The lowest BCUT2D eigenvalue weighted by Crippen LogP contribution is -1.98. The fourth-order valence-electron chi connectivity index (χ4n) is 0.931. The molecule has 0 radical (unpaired) electrons. The Morgan fingerprint density at radius 3 is 1.93 bits per heavy atom. The van der Waals surface area contributed by atoms with E-state index in [1.54, 1.807) is 0 Å². The van der Waals surface area contributed by atoms with Gasteiger partial charge in [-0.1, -0.05) is 0 Å². The number of nitro groups is 1. The van der Waals surface area contributed by atoms with Crippen LogP contribution >= 0.6 is 0 Å². The maximum atomic E-state index is 13.0. The molecule has 0 aliphatic rings. The van der Waals surface area contributed by atoms with Crippen LogP contribution in [0.4, 0.5) is 10.1 Å². The number of carbonyl (C=O) groups excluding carboxylic acids is 2. The number of carbonyl (C=O) groups is 2. The average molecular weight is 197 g/mol. The Morgan fingerprint density at radius 2 is 1.64 bits per heavy atom. The molecule has 6 heteroatoms. The Labute approximate surface area is 77.3 Å². The van der Waals surface area contributed by atoms with E-state index in [0.717, 1.165) is 12.1 Å². The minimum Gasteiger partial charge on any atom is -0.298 e. The Hall–Kier alpha value is -2.11. The van der Waals surface area contributed by atoms with E-state index in [9.17, 15) is 24.1 Å². The van der Waals surface area contributed by atoms with E-state index < -0.39 is 27.6 Å². The van der Waals surface area contributed by atoms with Crippen LogP contribution in [0, 0.1) is 15.9 Å². The molecule has 0 spiro atoms. The first-order valence-corrected chi connectivity index (χ1v) is 3.48. The van der Waals surface area contributed by atoms with Crippen molar-refractivity contribution in [3.63, 3.8) is 0 Å². The van der Waals surface area contributed by atoms with Crippen molar-refractivity contribution in [2.75, 3.05) is 0 Å². The molecule has 0 aliphatic heterocycles. The summed E-state index contributed by atoms with van der Waals surface area (Å²) in [6, 6.07) is 1.55. The van der Waals surface area contributed by atoms with Crippen LogP contribution in [-0.4, -0.2) is 17.5 Å². The Bertz CT molecular complexity index is 387. The lowest BCUT2D eigenvalue weighted by Gasteiger charge is -1.98. The zero-order valence-corrected chi connectivity index (χ0v) is 6.77. The highest BCUT2D eigenvalue weighted by Gasteiger charge is 2.15. The van der Waals surface area contributed by atoms with E-state index in [-0.39, 0.29) is 12.6 Å². The molecule has 0 N–H and O–H groups in total. The van der Waals surface area contributed by atoms with E-state index in [4.69, 9.17) is 0 Å². The second-order valence-corrected chi connectivity index (χ2v) is 2.43. The van der Waals surface area contributed by atoms with Gasteiger partial charge in [-0.05, 0) is 0 Å². The largest absolute Gasteiger partial charge is 0.298 e. The van der Waals surface area contributed by atoms with E-state index in [2.05, 4.69) is 0 Å². The van der Waals surface area contributed by atoms with Gasteiger partial charge >= 0.3 is 0 Å². The van der Waals surface area contributed by atoms with Crippen molar-refractivity contribution in [1.82, 2.24) is 0 Å². The minimum absolute atomic E-state index is 0.120. The number of hydrogen-bond acceptors (Lipinski definition) is 4. The average Bonchev–Trinajstić information content (AvgIpc) is 2.17. The molecule has 0 unspecified atom stereocenters. The van der Waals surface area contributed by atoms with Gasteiger partial charge in [-0.15, -0.1) is 0 Å². The normalized spacial score (nSPS) is 9.50. The van der Waals surface area contributed by atoms with Crippen molar-refractivity contribution in [2.45, 2.75) is 0 Å². The van der Waals surface area contributed by atoms with Gasteiger partial charge in [0, 0.05) is 12.1 Å². The second-order valence-electron chi connectivity index (χ2n) is 2.43. The molecule has 0 bridgehead atoms. The predicted molar refractivity (Wildman–Crippen MR) is 43.8 cm³/mol. The van der Waals surface area contributed by atoms with Crippen molar-refractivity contribution in [1.29, 1.82) is 0 Å². The minimum atomic E-state index is -1.04. The van der Waals surface area contributed by atoms with E-state index in [1.807, 2.05) is 0 Å². The Morgan fingerprint density at radius 1 is 1.21 bits per heavy atom. The van der Waals surface area contributed by atoms with E-state index in [0.29, 0.717) is 0 Å². The first-order valence-electron chi connectivity index (χ1n) is 3.48. The van der Waals surface area contributed by atoms with Gasteiger partial charge in [-0.25, -0.2) is 4.39 Å². The summed E-state index contributed by atoms with van der Waals surface area (Å²) in [5.41, 5.74) is -1.49. The zero-order valence-electron chi connectivity index (χ0n) is 6.77. The van der Waals surface area contributed by atoms with Crippen molar-refractivity contribution in [3.8, 4) is 0 Å². The van der Waals surface area contributed by atoms with Gasteiger partial charge < -0.3 is 0 Å². The number of rotatable bonds is 3. The van der Waals surface area contributed by atoms with Gasteiger partial charge in [0.2, 0.25) is 0 Å². The molecule has 0 heterocycles. The summed E-state index contributed by atoms with van der Waals surface area (Å²) < 4.78 is 13.0. The van der Waals surface area contributed by atoms with Gasteiger partial charge in [-0.2, -0.15) is 0 Å². The third-order valence-corrected chi connectivity index (χ3v) is 1.58. The second kappa shape index (κ2) is 3.73. The SMILES string of the molecule is O=Cc1cc([N+](=O)[O-])cc(C=O)c1F. The summed E-state index contributed by atoms with van der Waals surface area (Å²) in [5.74, 6) is -1.04. The monoisotopic (exact) mass is 197 g/mol. The standard InChI is InChI=1S/C8H4FNO4/c9-8-5(3-11)1-7(10(13)14)2-6(8)4-12/h1-4H. The molecule has 0 fully saturated rings. The molecule has 14 heavy (non-hydrogen) atoms. The smallest absolute Gasteiger partial charge is 0.271 e. The highest BCUT2D eigenvalue weighted by molar-refractivity contribution is 5.84. The van der Waals surface area contributed by atoms with Crippen LogP contribution in [0.2, 0.25) is 0 Å². The molecule has 0 atom stereocenters. The van der Waals surface area contributed by atoms with E-state index >= 15 is 0 Å². The van der Waals surface area contributed by atoms with Crippen LogP contribution in [-0.2, 0) is 0 Å². The number of hydrogen-bond donors (Lipinski definition) is 0. The molecular formula is C8H4FNO4. The van der Waals surface area contributed by atoms with Crippen LogP contribution < -0.4 is 0 Å². The number of benzene rings is 1. The molecule has 0 saturated heterocycles. The number of nitro benzene ring substituents is 1. The van der Waals surface area contributed by atoms with Crippen LogP contribution in [0.3, 0.4) is 0 Å². The fourth-order valence-corrected chi connectivity index (χ4v) is 0.931. The lowest BCUT2D eigenvalue weighted by atomic mass is 10.1. The van der Waals surface area contributed by atoms with Gasteiger partial charge in [0.05, 0.1) is 16.1 Å². The quantitative estimate of drug-likeness (QED) is 0.416. The summed E-state index contributed by atoms with van der Waals surface area (Å²) in [4.78, 5) is 30.1. The van der Waals surface area contributed by atoms with Crippen LogP contribution in [0.25, 0.3) is 0 Å². The third-order valence-electron chi connectivity index (χ3n) is 1.58. The number of aldehydes is 2. The van der Waals surface area contributed by atoms with Crippen molar-refractivity contribution < 1.29 is 18.9 Å². The summed E-state index contributed by atoms with van der Waals surface area (Å²) in [7, 11) is 0. The van der Waals surface area contributed by atoms with Crippen LogP contribution in [0.1, 0.15) is 20.7 Å². The van der Waals surface area contributed by atoms with Gasteiger partial charge in [0.1, 0.15) is 5.82 Å². The Kier molecular flexibility index (Phi) is 2.66. The highest BCUT2D eigenvalue weighted by atomic mass is 19.1. The Balaban J connectivity index is 3.46. The maximum Gasteiger partial charge on any atom is 0.271 e. The topological polar surface area (TPSA) is 77.3 Å². The summed E-state index contributed by atoms with van der Waals surface area (Å²) in [6.45, 7) is 0. The molecule has 1 aromatic carbocycles. The van der Waals surface area contributed by atoms with Crippen molar-refractivity contribution >= 4 is 18.3 Å². The molecule has 0 aliphatic carbocycles. The zero-order chi connectivity index (χ0) is 10.7. The fraction of sp³-hybridized carbons (Fsp3) is 0. The van der Waals surface area contributed by atoms with Crippen molar-refractivity contribution in [2.24, 2.45) is 0 Å². The molecule has 5 nitrogen and oxygen atoms in total. The van der Waals surface area contributed by atoms with Crippen LogP contribution in [0.15, 0.2) is 12.1 Å². The van der Waals surface area contributed by atoms with Gasteiger partial charge in [0.25, 0.3) is 5.69 Å². The predicted octanol–water partition coefficient (Wildman–Crippen LogP) is 1.36.